The smallest absolute Gasteiger partial charge is 0.308 e. The summed E-state index contributed by atoms with van der Waals surface area (Å²) >= 11 is 0. The molecule has 154 valence electrons. The lowest BCUT2D eigenvalue weighted by Crippen LogP contribution is -2.33. The van der Waals surface area contributed by atoms with E-state index < -0.39 is 5.97 Å². The Morgan fingerprint density at radius 1 is 1.07 bits per heavy atom. The third-order valence-electron chi connectivity index (χ3n) is 6.20. The first kappa shape index (κ1) is 19.6. The molecule has 1 aliphatic heterocycles. The lowest BCUT2D eigenvalue weighted by molar-refractivity contribution is -0.145. The summed E-state index contributed by atoms with van der Waals surface area (Å²) in [6, 6.07) is 2.33. The van der Waals surface area contributed by atoms with Gasteiger partial charge in [-0.15, -0.1) is 0 Å². The Bertz CT molecular complexity index is 883. The van der Waals surface area contributed by atoms with Crippen molar-refractivity contribution in [2.24, 2.45) is 11.8 Å². The quantitative estimate of drug-likeness (QED) is 0.305. The summed E-state index contributed by atoms with van der Waals surface area (Å²) in [5.41, 5.74) is 2.54. The van der Waals surface area contributed by atoms with E-state index >= 15 is 0 Å². The van der Waals surface area contributed by atoms with Gasteiger partial charge in [-0.25, -0.2) is 0 Å². The minimum atomic E-state index is -0.581. The average molecular weight is 398 g/mol. The fraction of sp³-hybridized carbons (Fsp3) is 0.545. The van der Waals surface area contributed by atoms with Crippen LogP contribution < -0.4 is 0 Å². The standard InChI is InChI=1S/C22H26N2O5/c1-13-11-18(14(2)24(13)15-7-8-15)19(25)12-29-20(26)9-10-23-21(27)16-5-3-4-6-17(16)22(23)28/h3-4,11,15-17H,5-10,12H2,1-2H3/t16-,17-/m1/s1. The molecular formula is C22H26N2O5. The van der Waals surface area contributed by atoms with Gasteiger partial charge in [0.25, 0.3) is 0 Å². The molecule has 0 unspecified atom stereocenters. The monoisotopic (exact) mass is 398 g/mol. The number of aromatic nitrogens is 1. The molecule has 1 saturated carbocycles. The normalized spacial score (nSPS) is 23.4. The molecule has 0 spiro atoms. The molecule has 2 heterocycles. The molecular weight excluding hydrogens is 372 g/mol. The Labute approximate surface area is 169 Å². The van der Waals surface area contributed by atoms with Gasteiger partial charge in [-0.3, -0.25) is 24.1 Å². The highest BCUT2D eigenvalue weighted by molar-refractivity contribution is 6.05. The maximum atomic E-state index is 12.5. The second-order valence-corrected chi connectivity index (χ2v) is 8.20. The van der Waals surface area contributed by atoms with Crippen molar-refractivity contribution < 1.29 is 23.9 Å². The predicted molar refractivity (Wildman–Crippen MR) is 104 cm³/mol. The van der Waals surface area contributed by atoms with Crippen molar-refractivity contribution in [2.45, 2.75) is 52.0 Å². The van der Waals surface area contributed by atoms with Gasteiger partial charge in [0.15, 0.2) is 6.61 Å². The molecule has 4 rings (SSSR count). The van der Waals surface area contributed by atoms with Gasteiger partial charge in [-0.2, -0.15) is 0 Å². The molecule has 1 aromatic rings. The largest absolute Gasteiger partial charge is 0.457 e. The van der Waals surface area contributed by atoms with E-state index in [9.17, 15) is 19.2 Å². The molecule has 2 aliphatic carbocycles. The highest BCUT2D eigenvalue weighted by atomic mass is 16.5. The summed E-state index contributed by atoms with van der Waals surface area (Å²) in [5.74, 6) is -1.83. The van der Waals surface area contributed by atoms with Crippen molar-refractivity contribution in [3.05, 3.63) is 35.2 Å². The van der Waals surface area contributed by atoms with Crippen molar-refractivity contribution in [1.29, 1.82) is 0 Å². The van der Waals surface area contributed by atoms with Crippen molar-refractivity contribution in [3.63, 3.8) is 0 Å². The van der Waals surface area contributed by atoms with Crippen molar-refractivity contribution in [1.82, 2.24) is 9.47 Å². The number of hydrogen-bond acceptors (Lipinski definition) is 5. The van der Waals surface area contributed by atoms with Crippen LogP contribution in [0, 0.1) is 25.7 Å². The van der Waals surface area contributed by atoms with Crippen LogP contribution in [0.2, 0.25) is 0 Å². The minimum Gasteiger partial charge on any atom is -0.457 e. The van der Waals surface area contributed by atoms with Gasteiger partial charge in [0, 0.05) is 29.5 Å². The van der Waals surface area contributed by atoms with E-state index in [4.69, 9.17) is 4.74 Å². The van der Waals surface area contributed by atoms with Gasteiger partial charge < -0.3 is 9.30 Å². The van der Waals surface area contributed by atoms with Crippen LogP contribution in [0.5, 0.6) is 0 Å². The maximum absolute atomic E-state index is 12.5. The zero-order chi connectivity index (χ0) is 20.7. The van der Waals surface area contributed by atoms with E-state index in [-0.39, 0.29) is 49.0 Å². The number of carbonyl (C=O) groups is 4. The number of aryl methyl sites for hydroxylation is 1. The lowest BCUT2D eigenvalue weighted by atomic mass is 9.85. The first-order valence-electron chi connectivity index (χ1n) is 10.3. The second kappa shape index (κ2) is 7.61. The van der Waals surface area contributed by atoms with Gasteiger partial charge >= 0.3 is 5.97 Å². The number of allylic oxidation sites excluding steroid dienone is 2. The van der Waals surface area contributed by atoms with E-state index in [1.807, 2.05) is 32.1 Å². The Balaban J connectivity index is 1.28. The summed E-state index contributed by atoms with van der Waals surface area (Å²) < 4.78 is 7.30. The topological polar surface area (TPSA) is 85.7 Å². The summed E-state index contributed by atoms with van der Waals surface area (Å²) in [4.78, 5) is 50.6. The third kappa shape index (κ3) is 3.66. The molecule has 2 atom stereocenters. The van der Waals surface area contributed by atoms with Gasteiger partial charge in [-0.05, 0) is 45.6 Å². The van der Waals surface area contributed by atoms with Gasteiger partial charge in [-0.1, -0.05) is 12.2 Å². The highest BCUT2D eigenvalue weighted by Crippen LogP contribution is 2.38. The molecule has 7 heteroatoms. The van der Waals surface area contributed by atoms with Crippen LogP contribution in [0.1, 0.15) is 59.9 Å². The Morgan fingerprint density at radius 2 is 1.69 bits per heavy atom. The second-order valence-electron chi connectivity index (χ2n) is 8.20. The van der Waals surface area contributed by atoms with Gasteiger partial charge in [0.2, 0.25) is 17.6 Å². The van der Waals surface area contributed by atoms with E-state index in [1.54, 1.807) is 0 Å². The Kier molecular flexibility index (Phi) is 5.15. The first-order valence-corrected chi connectivity index (χ1v) is 10.3. The Morgan fingerprint density at radius 3 is 2.28 bits per heavy atom. The van der Waals surface area contributed by atoms with Crippen LogP contribution >= 0.6 is 0 Å². The number of likely N-dealkylation sites (tertiary alicyclic amines) is 1. The zero-order valence-corrected chi connectivity index (χ0v) is 16.8. The van der Waals surface area contributed by atoms with Crippen molar-refractivity contribution in [2.75, 3.05) is 13.2 Å². The van der Waals surface area contributed by atoms with E-state index in [2.05, 4.69) is 4.57 Å². The number of ether oxygens (including phenoxy) is 1. The molecule has 1 saturated heterocycles. The van der Waals surface area contributed by atoms with E-state index in [0.29, 0.717) is 24.4 Å². The average Bonchev–Trinajstić information content (AvgIpc) is 3.45. The van der Waals surface area contributed by atoms with Crippen LogP contribution in [0.3, 0.4) is 0 Å². The maximum Gasteiger partial charge on any atom is 0.308 e. The summed E-state index contributed by atoms with van der Waals surface area (Å²) in [6.45, 7) is 3.57. The molecule has 0 N–H and O–H groups in total. The molecule has 0 bridgehead atoms. The summed E-state index contributed by atoms with van der Waals surface area (Å²) in [7, 11) is 0. The number of hydrogen-bond donors (Lipinski definition) is 0. The van der Waals surface area contributed by atoms with Crippen molar-refractivity contribution >= 4 is 23.6 Å². The molecule has 7 nitrogen and oxygen atoms in total. The third-order valence-corrected chi connectivity index (χ3v) is 6.20. The van der Waals surface area contributed by atoms with Crippen LogP contribution in [0.15, 0.2) is 18.2 Å². The summed E-state index contributed by atoms with van der Waals surface area (Å²) in [6.07, 6.45) is 7.16. The molecule has 1 aromatic heterocycles. The van der Waals surface area contributed by atoms with Crippen LogP contribution in [0.4, 0.5) is 0 Å². The number of Topliss-reactive ketones (excluding diaryl/α,β-unsaturated/α-hetero) is 1. The number of ketones is 1. The number of amides is 2. The van der Waals surface area contributed by atoms with Crippen LogP contribution in [-0.4, -0.2) is 46.2 Å². The minimum absolute atomic E-state index is 0.00782. The number of nitrogens with zero attached hydrogens (tertiary/aromatic N) is 2. The zero-order valence-electron chi connectivity index (χ0n) is 16.8. The first-order chi connectivity index (χ1) is 13.9. The van der Waals surface area contributed by atoms with Crippen molar-refractivity contribution in [3.8, 4) is 0 Å². The fourth-order valence-electron chi connectivity index (χ4n) is 4.54. The van der Waals surface area contributed by atoms with E-state index in [1.165, 1.54) is 4.90 Å². The highest BCUT2D eigenvalue weighted by Gasteiger charge is 2.47. The molecule has 2 amide bonds. The number of fused-ring (bicyclic) bond motifs is 1. The molecule has 0 aromatic carbocycles. The lowest BCUT2D eigenvalue weighted by Gasteiger charge is -2.14. The van der Waals surface area contributed by atoms with E-state index in [0.717, 1.165) is 24.2 Å². The number of imide groups is 1. The molecule has 2 fully saturated rings. The van der Waals surface area contributed by atoms with Crippen LogP contribution in [0.25, 0.3) is 0 Å². The van der Waals surface area contributed by atoms with Crippen LogP contribution in [-0.2, 0) is 19.1 Å². The molecule has 29 heavy (non-hydrogen) atoms. The number of rotatable bonds is 7. The summed E-state index contributed by atoms with van der Waals surface area (Å²) in [5, 5.41) is 0. The van der Waals surface area contributed by atoms with Gasteiger partial charge in [0.05, 0.1) is 18.3 Å². The number of esters is 1. The SMILES string of the molecule is Cc1cc(C(=O)COC(=O)CCN2C(=O)[C@@H]3CC=CC[C@H]3C2=O)c(C)n1C1CC1. The predicted octanol–water partition coefficient (Wildman–Crippen LogP) is 2.51. The van der Waals surface area contributed by atoms with Gasteiger partial charge in [0.1, 0.15) is 0 Å². The Hall–Kier alpha value is -2.70. The number of carbonyl (C=O) groups excluding carboxylic acids is 4. The molecule has 3 aliphatic rings. The fourth-order valence-corrected chi connectivity index (χ4v) is 4.54. The molecule has 0 radical (unpaired) electrons.